The third kappa shape index (κ3) is 6.63. The van der Waals surface area contributed by atoms with Gasteiger partial charge in [0.1, 0.15) is 11.6 Å². The lowest BCUT2D eigenvalue weighted by atomic mass is 10.1. The van der Waals surface area contributed by atoms with Crippen LogP contribution in [-0.2, 0) is 9.57 Å². The van der Waals surface area contributed by atoms with Gasteiger partial charge in [0.05, 0.1) is 42.1 Å². The summed E-state index contributed by atoms with van der Waals surface area (Å²) < 4.78 is 19.9. The predicted octanol–water partition coefficient (Wildman–Crippen LogP) is 5.46. The molecule has 0 radical (unpaired) electrons. The number of nitrogens with zero attached hydrogens (tertiary/aromatic N) is 4. The van der Waals surface area contributed by atoms with E-state index in [1.807, 2.05) is 12.1 Å². The van der Waals surface area contributed by atoms with E-state index in [-0.39, 0.29) is 11.7 Å². The van der Waals surface area contributed by atoms with Crippen LogP contribution in [0, 0.1) is 12.7 Å². The van der Waals surface area contributed by atoms with E-state index in [2.05, 4.69) is 25.5 Å². The molecule has 10 heteroatoms. The number of rotatable bonds is 8. The number of hydrogen-bond donors (Lipinski definition) is 2. The molecule has 206 valence electrons. The summed E-state index contributed by atoms with van der Waals surface area (Å²) in [6.45, 7) is 5.08. The molecule has 0 unspecified atom stereocenters. The number of pyridine rings is 2. The number of benzene rings is 1. The number of hydroxylamine groups is 1. The van der Waals surface area contributed by atoms with Gasteiger partial charge < -0.3 is 20.3 Å². The minimum absolute atomic E-state index is 0.315. The van der Waals surface area contributed by atoms with Crippen LogP contribution in [0.3, 0.4) is 0 Å². The first kappa shape index (κ1) is 26.8. The zero-order valence-electron chi connectivity index (χ0n) is 22.5. The number of aromatic nitrogens is 2. The monoisotopic (exact) mass is 534 g/mol. The Balaban J connectivity index is 1.31. The number of aryl methyl sites for hydroxylation is 1. The molecule has 0 aliphatic carbocycles. The van der Waals surface area contributed by atoms with Crippen molar-refractivity contribution >= 4 is 34.5 Å². The van der Waals surface area contributed by atoms with E-state index in [0.29, 0.717) is 34.4 Å². The Bertz CT molecular complexity index is 1280. The van der Waals surface area contributed by atoms with E-state index >= 15 is 0 Å². The lowest BCUT2D eigenvalue weighted by Crippen LogP contribution is -2.31. The summed E-state index contributed by atoms with van der Waals surface area (Å²) in [4.78, 5) is 30.1. The maximum absolute atomic E-state index is 14.5. The molecule has 2 fully saturated rings. The second-order valence-electron chi connectivity index (χ2n) is 9.94. The van der Waals surface area contributed by atoms with Gasteiger partial charge in [-0.25, -0.2) is 9.37 Å². The molecule has 2 aliphatic rings. The van der Waals surface area contributed by atoms with Crippen molar-refractivity contribution < 1.29 is 18.8 Å². The van der Waals surface area contributed by atoms with Crippen molar-refractivity contribution in [2.45, 2.75) is 45.1 Å². The van der Waals surface area contributed by atoms with E-state index in [1.165, 1.54) is 24.7 Å². The zero-order chi connectivity index (χ0) is 27.2. The minimum atomic E-state index is -0.383. The zero-order valence-corrected chi connectivity index (χ0v) is 22.5. The van der Waals surface area contributed by atoms with Crippen molar-refractivity contribution in [3.05, 3.63) is 65.9 Å². The van der Waals surface area contributed by atoms with Crippen LogP contribution in [0.4, 0.5) is 33.0 Å². The minimum Gasteiger partial charge on any atom is -0.381 e. The lowest BCUT2D eigenvalue weighted by molar-refractivity contribution is 0.0772. The highest BCUT2D eigenvalue weighted by Crippen LogP contribution is 2.28. The third-order valence-electron chi connectivity index (χ3n) is 7.13. The van der Waals surface area contributed by atoms with Crippen molar-refractivity contribution in [1.29, 1.82) is 0 Å². The van der Waals surface area contributed by atoms with Gasteiger partial charge in [0.25, 0.3) is 5.91 Å². The Kier molecular flexibility index (Phi) is 8.53. The van der Waals surface area contributed by atoms with E-state index in [9.17, 15) is 9.18 Å². The summed E-state index contributed by atoms with van der Waals surface area (Å²) in [7, 11) is 1.44. The Labute approximate surface area is 228 Å². The molecule has 1 amide bonds. The molecule has 0 spiro atoms. The summed E-state index contributed by atoms with van der Waals surface area (Å²) in [6, 6.07) is 10.6. The van der Waals surface area contributed by atoms with E-state index < -0.39 is 0 Å². The highest BCUT2D eigenvalue weighted by Gasteiger charge is 2.22. The summed E-state index contributed by atoms with van der Waals surface area (Å²) in [6.07, 6.45) is 8.50. The highest BCUT2D eigenvalue weighted by molar-refractivity contribution is 6.06. The van der Waals surface area contributed by atoms with Crippen LogP contribution in [0.25, 0.3) is 0 Å². The molecule has 2 aliphatic heterocycles. The van der Waals surface area contributed by atoms with Gasteiger partial charge in [-0.3, -0.25) is 14.6 Å². The number of halogens is 1. The van der Waals surface area contributed by atoms with Crippen molar-refractivity contribution in [3.8, 4) is 0 Å². The van der Waals surface area contributed by atoms with Crippen LogP contribution in [0.2, 0.25) is 0 Å². The van der Waals surface area contributed by atoms with Crippen molar-refractivity contribution in [3.63, 3.8) is 0 Å². The first-order chi connectivity index (χ1) is 19.0. The second-order valence-corrected chi connectivity index (χ2v) is 9.94. The number of carbonyl (C=O) groups excluding carboxylic acids is 1. The van der Waals surface area contributed by atoms with Gasteiger partial charge in [-0.2, -0.15) is 5.06 Å². The fraction of sp³-hybridized carbons (Fsp3) is 0.414. The Hall–Kier alpha value is -3.76. The highest BCUT2D eigenvalue weighted by atomic mass is 19.1. The molecule has 5 rings (SSSR count). The molecule has 3 aromatic rings. The fourth-order valence-electron chi connectivity index (χ4n) is 5.02. The van der Waals surface area contributed by atoms with E-state index in [4.69, 9.17) is 9.57 Å². The third-order valence-corrected chi connectivity index (χ3v) is 7.13. The number of piperidine rings is 1. The Morgan fingerprint density at radius 1 is 1.05 bits per heavy atom. The topological polar surface area (TPSA) is 91.9 Å². The van der Waals surface area contributed by atoms with Gasteiger partial charge in [-0.15, -0.1) is 0 Å². The molecule has 2 saturated heterocycles. The number of nitrogens with one attached hydrogen (secondary N) is 2. The summed E-state index contributed by atoms with van der Waals surface area (Å²) in [5.74, 6) is 0.0355. The summed E-state index contributed by atoms with van der Waals surface area (Å²) in [5.41, 5.74) is 3.42. The molecule has 0 saturated carbocycles. The smallest absolute Gasteiger partial charge is 0.284 e. The average molecular weight is 535 g/mol. The van der Waals surface area contributed by atoms with E-state index in [0.717, 1.165) is 63.5 Å². The largest absolute Gasteiger partial charge is 0.381 e. The molecule has 4 heterocycles. The molecular weight excluding hydrogens is 499 g/mol. The Morgan fingerprint density at radius 3 is 2.56 bits per heavy atom. The normalized spacial score (nSPS) is 16.1. The number of anilines is 5. The maximum Gasteiger partial charge on any atom is 0.284 e. The van der Waals surface area contributed by atoms with Crippen molar-refractivity contribution in [2.75, 3.05) is 54.0 Å². The first-order valence-corrected chi connectivity index (χ1v) is 13.5. The molecular formula is C29H35FN6O3. The summed E-state index contributed by atoms with van der Waals surface area (Å²) in [5, 5.41) is 7.82. The van der Waals surface area contributed by atoms with Crippen molar-refractivity contribution in [1.82, 2.24) is 9.97 Å². The quantitative estimate of drug-likeness (QED) is 0.368. The fourth-order valence-corrected chi connectivity index (χ4v) is 5.02. The molecule has 0 atom stereocenters. The van der Waals surface area contributed by atoms with Gasteiger partial charge >= 0.3 is 0 Å². The SMILES string of the molecule is CON(C(=O)c1cc(Nc2cc(F)cc(N3CCCCC3)c2)cnc1C)c1ccc(NC2CCOCC2)nc1. The van der Waals surface area contributed by atoms with Gasteiger partial charge in [-0.05, 0) is 75.4 Å². The number of carbonyl (C=O) groups is 1. The molecule has 2 N–H and O–H groups in total. The van der Waals surface area contributed by atoms with Gasteiger partial charge in [0, 0.05) is 43.7 Å². The lowest BCUT2D eigenvalue weighted by Gasteiger charge is -2.29. The van der Waals surface area contributed by atoms with Crippen LogP contribution in [0.15, 0.2) is 48.8 Å². The average Bonchev–Trinajstić information content (AvgIpc) is 2.96. The predicted molar refractivity (Wildman–Crippen MR) is 150 cm³/mol. The van der Waals surface area contributed by atoms with Gasteiger partial charge in [0.2, 0.25) is 0 Å². The maximum atomic E-state index is 14.5. The molecule has 39 heavy (non-hydrogen) atoms. The van der Waals surface area contributed by atoms with Crippen LogP contribution in [0.1, 0.15) is 48.2 Å². The molecule has 2 aromatic heterocycles. The van der Waals surface area contributed by atoms with Gasteiger partial charge in [-0.1, -0.05) is 0 Å². The van der Waals surface area contributed by atoms with Crippen LogP contribution in [0.5, 0.6) is 0 Å². The molecule has 0 bridgehead atoms. The first-order valence-electron chi connectivity index (χ1n) is 13.5. The van der Waals surface area contributed by atoms with Gasteiger partial charge in [0.15, 0.2) is 0 Å². The van der Waals surface area contributed by atoms with Crippen LogP contribution >= 0.6 is 0 Å². The molecule has 1 aromatic carbocycles. The Morgan fingerprint density at radius 2 is 1.85 bits per heavy atom. The van der Waals surface area contributed by atoms with Crippen LogP contribution in [-0.4, -0.2) is 55.3 Å². The second kappa shape index (κ2) is 12.4. The number of ether oxygens (including phenoxy) is 1. The number of amides is 1. The van der Waals surface area contributed by atoms with Crippen molar-refractivity contribution in [2.24, 2.45) is 0 Å². The van der Waals surface area contributed by atoms with Crippen LogP contribution < -0.4 is 20.6 Å². The van der Waals surface area contributed by atoms with E-state index in [1.54, 1.807) is 37.5 Å². The standard InChI is InChI=1S/C29H35FN6O3/c1-20-27(29(37)36(38-2)25-6-7-28(32-19-25)34-22-8-12-39-13-9-22)17-24(18-31-20)33-23-14-21(30)15-26(16-23)35-10-4-3-5-11-35/h6-7,14-19,22,33H,3-5,8-13H2,1-2H3,(H,32,34). The summed E-state index contributed by atoms with van der Waals surface area (Å²) >= 11 is 0. The molecule has 9 nitrogen and oxygen atoms in total. The number of hydrogen-bond acceptors (Lipinski definition) is 8.